The number of rotatable bonds is 0. The van der Waals surface area contributed by atoms with E-state index in [9.17, 15) is 0 Å². The number of hydrogen-bond acceptors (Lipinski definition) is 0. The Morgan fingerprint density at radius 2 is 1.74 bits per heavy atom. The first-order valence-corrected chi connectivity index (χ1v) is 7.53. The highest BCUT2D eigenvalue weighted by atomic mass is 14.4. The molecule has 2 aliphatic carbocycles. The van der Waals surface area contributed by atoms with Crippen LogP contribution in [0.1, 0.15) is 69.4 Å². The van der Waals surface area contributed by atoms with Crippen molar-refractivity contribution in [2.75, 3.05) is 0 Å². The molecule has 0 fully saturated rings. The zero-order valence-electron chi connectivity index (χ0n) is 13.3. The summed E-state index contributed by atoms with van der Waals surface area (Å²) in [6.07, 6.45) is 6.05. The van der Waals surface area contributed by atoms with E-state index in [1.165, 1.54) is 24.0 Å². The average molecular weight is 254 g/mol. The van der Waals surface area contributed by atoms with Crippen molar-refractivity contribution >= 4 is 6.08 Å². The van der Waals surface area contributed by atoms with Gasteiger partial charge in [0, 0.05) is 0 Å². The van der Waals surface area contributed by atoms with Gasteiger partial charge in [0.15, 0.2) is 0 Å². The lowest BCUT2D eigenvalue weighted by Crippen LogP contribution is -2.18. The van der Waals surface area contributed by atoms with E-state index in [0.717, 1.165) is 6.42 Å². The molecular formula is C19H26. The number of benzene rings is 1. The maximum atomic E-state index is 2.48. The summed E-state index contributed by atoms with van der Waals surface area (Å²) >= 11 is 0. The van der Waals surface area contributed by atoms with Crippen LogP contribution in [0, 0.1) is 5.41 Å². The van der Waals surface area contributed by atoms with Crippen LogP contribution in [0.2, 0.25) is 0 Å². The summed E-state index contributed by atoms with van der Waals surface area (Å²) in [5, 5.41) is 0. The van der Waals surface area contributed by atoms with Crippen LogP contribution in [0.3, 0.4) is 0 Å². The summed E-state index contributed by atoms with van der Waals surface area (Å²) in [5.41, 5.74) is 10.3. The van der Waals surface area contributed by atoms with Gasteiger partial charge in [-0.15, -0.1) is 0 Å². The van der Waals surface area contributed by atoms with Gasteiger partial charge in [-0.3, -0.25) is 0 Å². The van der Waals surface area contributed by atoms with Crippen molar-refractivity contribution in [3.05, 3.63) is 39.5 Å². The predicted octanol–water partition coefficient (Wildman–Crippen LogP) is 5.07. The van der Waals surface area contributed by atoms with Gasteiger partial charge in [-0.05, 0) is 64.8 Å². The largest absolute Gasteiger partial charge is 0.0683 e. The Bertz CT molecular complexity index is 577. The molecule has 0 saturated carbocycles. The Balaban J connectivity index is 2.26. The minimum Gasteiger partial charge on any atom is -0.0683 e. The molecule has 2 aliphatic rings. The molecule has 0 nitrogen and oxygen atoms in total. The maximum Gasteiger partial charge on any atom is -0.00576 e. The summed E-state index contributed by atoms with van der Waals surface area (Å²) in [6, 6.07) is 2.48. The first-order valence-electron chi connectivity index (χ1n) is 7.53. The second kappa shape index (κ2) is 3.75. The summed E-state index contributed by atoms with van der Waals surface area (Å²) in [4.78, 5) is 0. The van der Waals surface area contributed by atoms with E-state index in [4.69, 9.17) is 0 Å². The van der Waals surface area contributed by atoms with Gasteiger partial charge < -0.3 is 0 Å². The zero-order valence-corrected chi connectivity index (χ0v) is 13.3. The third-order valence-electron chi connectivity index (χ3n) is 4.60. The SMILES string of the molecule is CC1=Cc2cc3c(c(C(C)(C)C)c2C1)CC(C)(C)C3. The van der Waals surface area contributed by atoms with Crippen LogP contribution in [0.25, 0.3) is 6.08 Å². The van der Waals surface area contributed by atoms with Crippen LogP contribution in [0.5, 0.6) is 0 Å². The van der Waals surface area contributed by atoms with Gasteiger partial charge in [-0.25, -0.2) is 0 Å². The van der Waals surface area contributed by atoms with Crippen molar-refractivity contribution in [3.63, 3.8) is 0 Å². The molecule has 0 amide bonds. The Morgan fingerprint density at radius 3 is 2.37 bits per heavy atom. The summed E-state index contributed by atoms with van der Waals surface area (Å²) in [6.45, 7) is 14.2. The van der Waals surface area contributed by atoms with Gasteiger partial charge in [0.05, 0.1) is 0 Å². The first kappa shape index (κ1) is 13.0. The topological polar surface area (TPSA) is 0 Å². The molecule has 1 aromatic rings. The Morgan fingerprint density at radius 1 is 1.05 bits per heavy atom. The van der Waals surface area contributed by atoms with Crippen LogP contribution in [-0.2, 0) is 24.7 Å². The summed E-state index contributed by atoms with van der Waals surface area (Å²) < 4.78 is 0. The highest BCUT2D eigenvalue weighted by molar-refractivity contribution is 5.69. The minimum atomic E-state index is 0.258. The van der Waals surface area contributed by atoms with Gasteiger partial charge in [-0.1, -0.05) is 52.3 Å². The van der Waals surface area contributed by atoms with Gasteiger partial charge in [0.25, 0.3) is 0 Å². The molecule has 0 aromatic heterocycles. The Hall–Kier alpha value is -1.04. The van der Waals surface area contributed by atoms with Crippen molar-refractivity contribution in [2.45, 2.75) is 66.2 Å². The van der Waals surface area contributed by atoms with Gasteiger partial charge in [-0.2, -0.15) is 0 Å². The first-order chi connectivity index (χ1) is 8.67. The van der Waals surface area contributed by atoms with Crippen LogP contribution in [0.4, 0.5) is 0 Å². The van der Waals surface area contributed by atoms with E-state index in [2.05, 4.69) is 53.7 Å². The van der Waals surface area contributed by atoms with E-state index in [0.29, 0.717) is 5.41 Å². The van der Waals surface area contributed by atoms with E-state index in [1.54, 1.807) is 22.3 Å². The van der Waals surface area contributed by atoms with Crippen molar-refractivity contribution in [1.29, 1.82) is 0 Å². The molecule has 0 N–H and O–H groups in total. The quantitative estimate of drug-likeness (QED) is 0.606. The second-order valence-corrected chi connectivity index (χ2v) is 8.39. The van der Waals surface area contributed by atoms with E-state index in [1.807, 2.05) is 0 Å². The molecule has 0 spiro atoms. The van der Waals surface area contributed by atoms with Crippen LogP contribution >= 0.6 is 0 Å². The number of hydrogen-bond donors (Lipinski definition) is 0. The van der Waals surface area contributed by atoms with Gasteiger partial charge in [0.1, 0.15) is 0 Å². The molecule has 0 heterocycles. The van der Waals surface area contributed by atoms with Crippen LogP contribution < -0.4 is 0 Å². The molecule has 0 saturated heterocycles. The van der Waals surface area contributed by atoms with Gasteiger partial charge >= 0.3 is 0 Å². The number of fused-ring (bicyclic) bond motifs is 2. The van der Waals surface area contributed by atoms with Crippen molar-refractivity contribution in [3.8, 4) is 0 Å². The van der Waals surface area contributed by atoms with Crippen molar-refractivity contribution < 1.29 is 0 Å². The molecule has 0 aliphatic heterocycles. The van der Waals surface area contributed by atoms with E-state index >= 15 is 0 Å². The lowest BCUT2D eigenvalue weighted by atomic mass is 9.77. The second-order valence-electron chi connectivity index (χ2n) is 8.39. The molecule has 0 radical (unpaired) electrons. The third-order valence-corrected chi connectivity index (χ3v) is 4.60. The molecule has 1 aromatic carbocycles. The highest BCUT2D eigenvalue weighted by Gasteiger charge is 2.35. The lowest BCUT2D eigenvalue weighted by molar-refractivity contribution is 0.390. The Kier molecular flexibility index (Phi) is 2.56. The smallest absolute Gasteiger partial charge is 0.00576 e. The zero-order chi connectivity index (χ0) is 14.0. The van der Waals surface area contributed by atoms with Gasteiger partial charge in [0.2, 0.25) is 0 Å². The molecule has 19 heavy (non-hydrogen) atoms. The molecular weight excluding hydrogens is 228 g/mol. The molecule has 102 valence electrons. The molecule has 0 heteroatoms. The van der Waals surface area contributed by atoms with Crippen LogP contribution in [-0.4, -0.2) is 0 Å². The molecule has 0 unspecified atom stereocenters. The third kappa shape index (κ3) is 2.06. The fraction of sp³-hybridized carbons (Fsp3) is 0.579. The van der Waals surface area contributed by atoms with Crippen molar-refractivity contribution in [1.82, 2.24) is 0 Å². The standard InChI is InChI=1S/C19H26/c1-12-7-13-9-14-10-19(5,6)11-16(14)17(15(13)8-12)18(2,3)4/h7,9H,8,10-11H2,1-6H3. The highest BCUT2D eigenvalue weighted by Crippen LogP contribution is 2.46. The average Bonchev–Trinajstić information content (AvgIpc) is 2.67. The van der Waals surface area contributed by atoms with Crippen LogP contribution in [0.15, 0.2) is 11.6 Å². The van der Waals surface area contributed by atoms with Crippen molar-refractivity contribution in [2.24, 2.45) is 5.41 Å². The summed E-state index contributed by atoms with van der Waals surface area (Å²) in [7, 11) is 0. The predicted molar refractivity (Wildman–Crippen MR) is 83.7 cm³/mol. The lowest BCUT2D eigenvalue weighted by Gasteiger charge is -2.27. The molecule has 0 bridgehead atoms. The minimum absolute atomic E-state index is 0.258. The fourth-order valence-electron chi connectivity index (χ4n) is 4.09. The number of allylic oxidation sites excluding steroid dienone is 1. The normalized spacial score (nSPS) is 20.2. The monoisotopic (exact) mass is 254 g/mol. The Labute approximate surface area is 117 Å². The van der Waals surface area contributed by atoms with E-state index in [-0.39, 0.29) is 5.41 Å². The van der Waals surface area contributed by atoms with E-state index < -0.39 is 0 Å². The molecule has 3 rings (SSSR count). The maximum absolute atomic E-state index is 2.48. The molecule has 0 atom stereocenters. The summed E-state index contributed by atoms with van der Waals surface area (Å²) in [5.74, 6) is 0. The fourth-order valence-corrected chi connectivity index (χ4v) is 4.09.